The minimum Gasteiger partial charge on any atom is -0.481 e. The second-order valence-electron chi connectivity index (χ2n) is 5.07. The van der Waals surface area contributed by atoms with Gasteiger partial charge in [-0.3, -0.25) is 14.8 Å². The summed E-state index contributed by atoms with van der Waals surface area (Å²) in [6, 6.07) is 14.9. The number of carbonyl (C=O) groups is 1. The standard InChI is InChI=1S/C18H16N4O2/c1-13(15-8-2-3-10-19-15)21-22-17(23)12-24-16-9-4-6-14-7-5-11-20-18(14)16/h2-11H,12H2,1H3,(H,22,23)/b21-13+. The Morgan fingerprint density at radius 2 is 1.92 bits per heavy atom. The minimum absolute atomic E-state index is 0.144. The average Bonchev–Trinajstić information content (AvgIpc) is 2.65. The van der Waals surface area contributed by atoms with Crippen LogP contribution in [-0.2, 0) is 4.79 Å². The maximum Gasteiger partial charge on any atom is 0.277 e. The molecule has 6 nitrogen and oxygen atoms in total. The molecule has 0 unspecified atom stereocenters. The van der Waals surface area contributed by atoms with Crippen LogP contribution < -0.4 is 10.2 Å². The summed E-state index contributed by atoms with van der Waals surface area (Å²) in [5.41, 5.74) is 4.51. The summed E-state index contributed by atoms with van der Waals surface area (Å²) in [5, 5.41) is 4.99. The van der Waals surface area contributed by atoms with Crippen molar-refractivity contribution in [1.29, 1.82) is 0 Å². The minimum atomic E-state index is -0.349. The molecule has 0 atom stereocenters. The third-order valence-corrected chi connectivity index (χ3v) is 3.34. The van der Waals surface area contributed by atoms with Gasteiger partial charge in [0.25, 0.3) is 5.91 Å². The highest BCUT2D eigenvalue weighted by Gasteiger charge is 2.06. The van der Waals surface area contributed by atoms with Gasteiger partial charge in [0, 0.05) is 17.8 Å². The van der Waals surface area contributed by atoms with Crippen LogP contribution in [0.5, 0.6) is 5.75 Å². The van der Waals surface area contributed by atoms with Crippen molar-refractivity contribution in [3.8, 4) is 5.75 Å². The molecule has 0 aliphatic heterocycles. The summed E-state index contributed by atoms with van der Waals surface area (Å²) in [6.45, 7) is 1.63. The van der Waals surface area contributed by atoms with Gasteiger partial charge < -0.3 is 4.74 Å². The number of benzene rings is 1. The number of hydrazone groups is 1. The van der Waals surface area contributed by atoms with E-state index in [1.54, 1.807) is 25.4 Å². The molecule has 2 aromatic heterocycles. The molecule has 0 spiro atoms. The van der Waals surface area contributed by atoms with E-state index in [-0.39, 0.29) is 12.5 Å². The first kappa shape index (κ1) is 15.6. The summed E-state index contributed by atoms with van der Waals surface area (Å²) in [6.07, 6.45) is 3.36. The number of aromatic nitrogens is 2. The van der Waals surface area contributed by atoms with Crippen LogP contribution >= 0.6 is 0 Å². The molecule has 3 aromatic rings. The summed E-state index contributed by atoms with van der Waals surface area (Å²) in [4.78, 5) is 20.3. The highest BCUT2D eigenvalue weighted by Crippen LogP contribution is 2.22. The SMILES string of the molecule is C/C(=N\NC(=O)COc1cccc2cccnc12)c1ccccn1. The first-order chi connectivity index (χ1) is 11.7. The number of fused-ring (bicyclic) bond motifs is 1. The number of hydrogen-bond acceptors (Lipinski definition) is 5. The summed E-state index contributed by atoms with van der Waals surface area (Å²) < 4.78 is 5.56. The molecule has 120 valence electrons. The number of pyridine rings is 2. The van der Waals surface area contributed by atoms with Crippen LogP contribution in [0.3, 0.4) is 0 Å². The first-order valence-corrected chi connectivity index (χ1v) is 7.45. The van der Waals surface area contributed by atoms with Gasteiger partial charge in [0.05, 0.1) is 11.4 Å². The van der Waals surface area contributed by atoms with Crippen molar-refractivity contribution in [3.05, 3.63) is 66.6 Å². The number of amides is 1. The topological polar surface area (TPSA) is 76.5 Å². The van der Waals surface area contributed by atoms with Gasteiger partial charge >= 0.3 is 0 Å². The van der Waals surface area contributed by atoms with E-state index in [0.29, 0.717) is 17.2 Å². The molecule has 3 rings (SSSR count). The molecule has 2 heterocycles. The van der Waals surface area contributed by atoms with Crippen LogP contribution in [0.15, 0.2) is 66.0 Å². The Bertz CT molecular complexity index is 873. The molecular formula is C18H16N4O2. The lowest BCUT2D eigenvalue weighted by molar-refractivity contribution is -0.123. The van der Waals surface area contributed by atoms with E-state index in [1.807, 2.05) is 42.5 Å². The Morgan fingerprint density at radius 1 is 1.08 bits per heavy atom. The summed E-state index contributed by atoms with van der Waals surface area (Å²) in [5.74, 6) is 0.215. The van der Waals surface area contributed by atoms with E-state index in [2.05, 4.69) is 20.5 Å². The Kier molecular flexibility index (Phi) is 4.76. The summed E-state index contributed by atoms with van der Waals surface area (Å²) >= 11 is 0. The number of nitrogens with one attached hydrogen (secondary N) is 1. The van der Waals surface area contributed by atoms with E-state index in [1.165, 1.54) is 0 Å². The molecule has 0 saturated heterocycles. The van der Waals surface area contributed by atoms with Gasteiger partial charge in [-0.2, -0.15) is 5.10 Å². The molecule has 0 aliphatic rings. The van der Waals surface area contributed by atoms with E-state index in [9.17, 15) is 4.79 Å². The molecule has 1 amide bonds. The molecule has 0 fully saturated rings. The van der Waals surface area contributed by atoms with Crippen molar-refractivity contribution in [2.75, 3.05) is 6.61 Å². The molecule has 0 aliphatic carbocycles. The number of nitrogens with zero attached hydrogens (tertiary/aromatic N) is 3. The van der Waals surface area contributed by atoms with Crippen LogP contribution in [0.2, 0.25) is 0 Å². The van der Waals surface area contributed by atoms with Crippen LogP contribution in [0.25, 0.3) is 10.9 Å². The van der Waals surface area contributed by atoms with Crippen molar-refractivity contribution >= 4 is 22.5 Å². The molecule has 0 bridgehead atoms. The third-order valence-electron chi connectivity index (χ3n) is 3.34. The largest absolute Gasteiger partial charge is 0.481 e. The van der Waals surface area contributed by atoms with E-state index < -0.39 is 0 Å². The normalized spacial score (nSPS) is 11.3. The van der Waals surface area contributed by atoms with Crippen LogP contribution in [0, 0.1) is 0 Å². The maximum atomic E-state index is 11.9. The molecular weight excluding hydrogens is 304 g/mol. The van der Waals surface area contributed by atoms with Gasteiger partial charge in [-0.25, -0.2) is 5.43 Å². The van der Waals surface area contributed by atoms with E-state index in [0.717, 1.165) is 10.9 Å². The predicted octanol–water partition coefficient (Wildman–Crippen LogP) is 2.55. The fraction of sp³-hybridized carbons (Fsp3) is 0.111. The average molecular weight is 320 g/mol. The Morgan fingerprint density at radius 3 is 2.75 bits per heavy atom. The number of hydrogen-bond donors (Lipinski definition) is 1. The van der Waals surface area contributed by atoms with Crippen LogP contribution in [0.4, 0.5) is 0 Å². The molecule has 1 N–H and O–H groups in total. The Labute approximate surface area is 139 Å². The molecule has 24 heavy (non-hydrogen) atoms. The monoisotopic (exact) mass is 320 g/mol. The van der Waals surface area contributed by atoms with Gasteiger partial charge in [-0.15, -0.1) is 0 Å². The molecule has 0 radical (unpaired) electrons. The Balaban J connectivity index is 1.61. The lowest BCUT2D eigenvalue weighted by Gasteiger charge is -2.08. The second kappa shape index (κ2) is 7.32. The highest BCUT2D eigenvalue weighted by molar-refractivity contribution is 5.97. The fourth-order valence-corrected chi connectivity index (χ4v) is 2.15. The van der Waals surface area contributed by atoms with Crippen LogP contribution in [-0.4, -0.2) is 28.2 Å². The second-order valence-corrected chi connectivity index (χ2v) is 5.07. The number of rotatable bonds is 5. The highest BCUT2D eigenvalue weighted by atomic mass is 16.5. The molecule has 6 heteroatoms. The van der Waals surface area contributed by atoms with E-state index in [4.69, 9.17) is 4.74 Å². The first-order valence-electron chi connectivity index (χ1n) is 7.45. The molecule has 1 aromatic carbocycles. The number of para-hydroxylation sites is 1. The smallest absolute Gasteiger partial charge is 0.277 e. The van der Waals surface area contributed by atoms with Crippen LogP contribution in [0.1, 0.15) is 12.6 Å². The lowest BCUT2D eigenvalue weighted by Crippen LogP contribution is -2.25. The maximum absolute atomic E-state index is 11.9. The number of ether oxygens (including phenoxy) is 1. The zero-order valence-corrected chi connectivity index (χ0v) is 13.1. The predicted molar refractivity (Wildman–Crippen MR) is 91.8 cm³/mol. The van der Waals surface area contributed by atoms with Crippen molar-refractivity contribution in [3.63, 3.8) is 0 Å². The van der Waals surface area contributed by atoms with Crippen molar-refractivity contribution in [2.45, 2.75) is 6.92 Å². The van der Waals surface area contributed by atoms with Gasteiger partial charge in [-0.1, -0.05) is 24.3 Å². The van der Waals surface area contributed by atoms with E-state index >= 15 is 0 Å². The Hall–Kier alpha value is -3.28. The van der Waals surface area contributed by atoms with Gasteiger partial charge in [0.1, 0.15) is 11.3 Å². The van der Waals surface area contributed by atoms with Crippen molar-refractivity contribution in [1.82, 2.24) is 15.4 Å². The van der Waals surface area contributed by atoms with Gasteiger partial charge in [0.15, 0.2) is 6.61 Å². The third kappa shape index (κ3) is 3.73. The summed E-state index contributed by atoms with van der Waals surface area (Å²) in [7, 11) is 0. The van der Waals surface area contributed by atoms with Crippen molar-refractivity contribution in [2.24, 2.45) is 5.10 Å². The lowest BCUT2D eigenvalue weighted by atomic mass is 10.2. The zero-order valence-electron chi connectivity index (χ0n) is 13.1. The van der Waals surface area contributed by atoms with Gasteiger partial charge in [0.2, 0.25) is 0 Å². The quantitative estimate of drug-likeness (QED) is 0.579. The number of carbonyl (C=O) groups excluding carboxylic acids is 1. The van der Waals surface area contributed by atoms with Crippen molar-refractivity contribution < 1.29 is 9.53 Å². The zero-order chi connectivity index (χ0) is 16.8. The van der Waals surface area contributed by atoms with Gasteiger partial charge in [-0.05, 0) is 31.2 Å². The molecule has 0 saturated carbocycles. The fourth-order valence-electron chi connectivity index (χ4n) is 2.15.